The van der Waals surface area contributed by atoms with Gasteiger partial charge in [-0.2, -0.15) is 11.8 Å². The Bertz CT molecular complexity index is 456. The zero-order chi connectivity index (χ0) is 15.3. The van der Waals surface area contributed by atoms with Gasteiger partial charge in [-0.25, -0.2) is 0 Å². The minimum atomic E-state index is 0.155. The fraction of sp³-hybridized carbons (Fsp3) is 0.647. The summed E-state index contributed by atoms with van der Waals surface area (Å²) in [5.41, 5.74) is 1.23. The Morgan fingerprint density at radius 3 is 2.76 bits per heavy atom. The SMILES string of the molecule is COc1cc(CNCC2(C)CCCS2)ccc1OC(C)C. The molecule has 0 bridgehead atoms. The van der Waals surface area contributed by atoms with Gasteiger partial charge in [0.05, 0.1) is 13.2 Å². The lowest BCUT2D eigenvalue weighted by molar-refractivity contribution is 0.230. The Morgan fingerprint density at radius 2 is 2.14 bits per heavy atom. The highest BCUT2D eigenvalue weighted by Crippen LogP contribution is 2.37. The Balaban J connectivity index is 1.91. The van der Waals surface area contributed by atoms with Crippen molar-refractivity contribution in [2.45, 2.75) is 51.0 Å². The van der Waals surface area contributed by atoms with Gasteiger partial charge in [-0.15, -0.1) is 0 Å². The lowest BCUT2D eigenvalue weighted by Gasteiger charge is -2.23. The largest absolute Gasteiger partial charge is 0.493 e. The number of hydrogen-bond acceptors (Lipinski definition) is 4. The molecular formula is C17H27NO2S. The average Bonchev–Trinajstić information content (AvgIpc) is 2.86. The third-order valence-electron chi connectivity index (χ3n) is 3.72. The molecule has 1 atom stereocenters. The van der Waals surface area contributed by atoms with Crippen LogP contribution in [0.15, 0.2) is 18.2 Å². The monoisotopic (exact) mass is 309 g/mol. The van der Waals surface area contributed by atoms with Gasteiger partial charge in [-0.1, -0.05) is 6.07 Å². The van der Waals surface area contributed by atoms with E-state index in [1.165, 1.54) is 24.2 Å². The predicted molar refractivity (Wildman–Crippen MR) is 90.6 cm³/mol. The van der Waals surface area contributed by atoms with Crippen molar-refractivity contribution in [2.75, 3.05) is 19.4 Å². The first kappa shape index (κ1) is 16.5. The molecule has 2 rings (SSSR count). The molecule has 1 unspecified atom stereocenters. The summed E-state index contributed by atoms with van der Waals surface area (Å²) in [7, 11) is 1.69. The second-order valence-electron chi connectivity index (χ2n) is 6.16. The summed E-state index contributed by atoms with van der Waals surface area (Å²) in [5.74, 6) is 2.92. The molecule has 3 nitrogen and oxygen atoms in total. The first-order valence-corrected chi connectivity index (χ1v) is 8.69. The van der Waals surface area contributed by atoms with Crippen molar-refractivity contribution >= 4 is 11.8 Å². The molecule has 0 aliphatic carbocycles. The van der Waals surface area contributed by atoms with Crippen LogP contribution in [-0.4, -0.2) is 30.3 Å². The van der Waals surface area contributed by atoms with Crippen LogP contribution >= 0.6 is 11.8 Å². The predicted octanol–water partition coefficient (Wildman–Crippen LogP) is 3.86. The van der Waals surface area contributed by atoms with Crippen LogP contribution in [0.2, 0.25) is 0 Å². The maximum absolute atomic E-state index is 5.74. The first-order valence-electron chi connectivity index (χ1n) is 7.71. The Hall–Kier alpha value is -0.870. The summed E-state index contributed by atoms with van der Waals surface area (Å²) in [5, 5.41) is 3.58. The third kappa shape index (κ3) is 4.82. The number of rotatable bonds is 7. The standard InChI is InChI=1S/C17H27NO2S/c1-13(2)20-15-7-6-14(10-16(15)19-4)11-18-12-17(3)8-5-9-21-17/h6-7,10,13,18H,5,8-9,11-12H2,1-4H3. The summed E-state index contributed by atoms with van der Waals surface area (Å²) in [6.07, 6.45) is 2.81. The van der Waals surface area contributed by atoms with E-state index >= 15 is 0 Å². The molecule has 0 amide bonds. The maximum atomic E-state index is 5.74. The van der Waals surface area contributed by atoms with Crippen molar-refractivity contribution in [1.29, 1.82) is 0 Å². The minimum Gasteiger partial charge on any atom is -0.493 e. The Kier molecular flexibility index (Phi) is 5.82. The van der Waals surface area contributed by atoms with Gasteiger partial charge in [-0.3, -0.25) is 0 Å². The molecule has 1 aliphatic rings. The van der Waals surface area contributed by atoms with Crippen LogP contribution in [0.1, 0.15) is 39.2 Å². The summed E-state index contributed by atoms with van der Waals surface area (Å²) in [6.45, 7) is 8.33. The summed E-state index contributed by atoms with van der Waals surface area (Å²) >= 11 is 2.09. The van der Waals surface area contributed by atoms with E-state index in [4.69, 9.17) is 9.47 Å². The molecule has 0 spiro atoms. The third-order valence-corrected chi connectivity index (χ3v) is 5.26. The van der Waals surface area contributed by atoms with Gasteiger partial charge in [0, 0.05) is 17.8 Å². The van der Waals surface area contributed by atoms with E-state index in [2.05, 4.69) is 36.1 Å². The topological polar surface area (TPSA) is 30.5 Å². The normalized spacial score (nSPS) is 21.8. The quantitative estimate of drug-likeness (QED) is 0.828. The van der Waals surface area contributed by atoms with E-state index in [1.54, 1.807) is 7.11 Å². The number of nitrogens with one attached hydrogen (secondary N) is 1. The number of benzene rings is 1. The Morgan fingerprint density at radius 1 is 1.33 bits per heavy atom. The molecule has 1 aromatic carbocycles. The maximum Gasteiger partial charge on any atom is 0.161 e. The zero-order valence-corrected chi connectivity index (χ0v) is 14.4. The molecule has 1 heterocycles. The molecule has 1 saturated heterocycles. The molecular weight excluding hydrogens is 282 g/mol. The molecule has 1 N–H and O–H groups in total. The molecule has 1 fully saturated rings. The number of hydrogen-bond donors (Lipinski definition) is 1. The number of methoxy groups -OCH3 is 1. The van der Waals surface area contributed by atoms with Crippen molar-refractivity contribution in [3.63, 3.8) is 0 Å². The van der Waals surface area contributed by atoms with Gasteiger partial charge < -0.3 is 14.8 Å². The number of ether oxygens (including phenoxy) is 2. The molecule has 4 heteroatoms. The summed E-state index contributed by atoms with van der Waals surface area (Å²) in [4.78, 5) is 0. The van der Waals surface area contributed by atoms with Crippen molar-refractivity contribution < 1.29 is 9.47 Å². The Labute approximate surface area is 132 Å². The van der Waals surface area contributed by atoms with Crippen molar-refractivity contribution in [3.05, 3.63) is 23.8 Å². The van der Waals surface area contributed by atoms with Crippen LogP contribution in [-0.2, 0) is 6.54 Å². The average molecular weight is 309 g/mol. The molecule has 0 radical (unpaired) electrons. The van der Waals surface area contributed by atoms with Gasteiger partial charge in [0.1, 0.15) is 0 Å². The molecule has 1 aromatic rings. The molecule has 0 saturated carbocycles. The van der Waals surface area contributed by atoms with Gasteiger partial charge in [-0.05, 0) is 57.1 Å². The molecule has 118 valence electrons. The van der Waals surface area contributed by atoms with Crippen LogP contribution in [0.25, 0.3) is 0 Å². The van der Waals surface area contributed by atoms with E-state index in [0.29, 0.717) is 4.75 Å². The van der Waals surface area contributed by atoms with Crippen LogP contribution in [0, 0.1) is 0 Å². The summed E-state index contributed by atoms with van der Waals surface area (Å²) in [6, 6.07) is 6.17. The molecule has 1 aliphatic heterocycles. The first-order chi connectivity index (χ1) is 10.0. The highest BCUT2D eigenvalue weighted by atomic mass is 32.2. The molecule has 21 heavy (non-hydrogen) atoms. The van der Waals surface area contributed by atoms with E-state index < -0.39 is 0 Å². The fourth-order valence-electron chi connectivity index (χ4n) is 2.62. The van der Waals surface area contributed by atoms with Crippen molar-refractivity contribution in [1.82, 2.24) is 5.32 Å². The molecule has 0 aromatic heterocycles. The van der Waals surface area contributed by atoms with Crippen LogP contribution in [0.5, 0.6) is 11.5 Å². The van der Waals surface area contributed by atoms with Crippen LogP contribution < -0.4 is 14.8 Å². The highest BCUT2D eigenvalue weighted by Gasteiger charge is 2.28. The lowest BCUT2D eigenvalue weighted by Crippen LogP contribution is -2.32. The zero-order valence-electron chi connectivity index (χ0n) is 13.6. The van der Waals surface area contributed by atoms with Crippen LogP contribution in [0.3, 0.4) is 0 Å². The van der Waals surface area contributed by atoms with Crippen molar-refractivity contribution in [2.24, 2.45) is 0 Å². The second-order valence-corrected chi connectivity index (χ2v) is 7.84. The lowest BCUT2D eigenvalue weighted by atomic mass is 10.1. The van der Waals surface area contributed by atoms with Crippen LogP contribution in [0.4, 0.5) is 0 Å². The van der Waals surface area contributed by atoms with Gasteiger partial charge in [0.25, 0.3) is 0 Å². The van der Waals surface area contributed by atoms with E-state index in [-0.39, 0.29) is 6.10 Å². The van der Waals surface area contributed by atoms with Crippen molar-refractivity contribution in [3.8, 4) is 11.5 Å². The van der Waals surface area contributed by atoms with Gasteiger partial charge in [0.15, 0.2) is 11.5 Å². The highest BCUT2D eigenvalue weighted by molar-refractivity contribution is 8.00. The van der Waals surface area contributed by atoms with Gasteiger partial charge >= 0.3 is 0 Å². The van der Waals surface area contributed by atoms with E-state index in [0.717, 1.165) is 24.6 Å². The van der Waals surface area contributed by atoms with E-state index in [9.17, 15) is 0 Å². The smallest absolute Gasteiger partial charge is 0.161 e. The fourth-order valence-corrected chi connectivity index (χ4v) is 3.90. The number of thioether (sulfide) groups is 1. The van der Waals surface area contributed by atoms with Gasteiger partial charge in [0.2, 0.25) is 0 Å². The second kappa shape index (κ2) is 7.41. The minimum absolute atomic E-state index is 0.155. The van der Waals surface area contributed by atoms with E-state index in [1.807, 2.05) is 19.9 Å². The summed E-state index contributed by atoms with van der Waals surface area (Å²) < 4.78 is 11.6.